The Hall–Kier alpha value is -3.10. The third-order valence-corrected chi connectivity index (χ3v) is 4.70. The molecule has 9 nitrogen and oxygen atoms in total. The summed E-state index contributed by atoms with van der Waals surface area (Å²) < 4.78 is 5.45. The zero-order chi connectivity index (χ0) is 23.2. The first-order valence-electron chi connectivity index (χ1n) is 10.4. The van der Waals surface area contributed by atoms with Crippen molar-refractivity contribution in [2.45, 2.75) is 52.7 Å². The van der Waals surface area contributed by atoms with Crippen molar-refractivity contribution in [2.75, 3.05) is 32.0 Å². The smallest absolute Gasteiger partial charge is 0.410 e. The fourth-order valence-electron chi connectivity index (χ4n) is 3.12. The lowest BCUT2D eigenvalue weighted by Gasteiger charge is -2.27. The van der Waals surface area contributed by atoms with Crippen LogP contribution in [-0.2, 0) is 20.9 Å². The predicted octanol–water partition coefficient (Wildman–Crippen LogP) is 3.06. The number of rotatable bonds is 8. The Morgan fingerprint density at radius 3 is 2.45 bits per heavy atom. The minimum Gasteiger partial charge on any atom is -0.444 e. The topological polar surface area (TPSA) is 99.3 Å². The Bertz CT molecular complexity index is 833. The number of nitrogens with zero attached hydrogens (tertiary/aromatic N) is 3. The maximum atomic E-state index is 12.4. The summed E-state index contributed by atoms with van der Waals surface area (Å²) in [7, 11) is 1.57. The molecule has 0 radical (unpaired) electrons. The first-order valence-corrected chi connectivity index (χ1v) is 10.4. The van der Waals surface area contributed by atoms with E-state index in [4.69, 9.17) is 4.74 Å². The number of urea groups is 1. The van der Waals surface area contributed by atoms with Crippen molar-refractivity contribution in [2.24, 2.45) is 0 Å². The molecule has 2 rings (SSSR count). The fraction of sp³-hybridized carbons (Fsp3) is 0.545. The average Bonchev–Trinajstić information content (AvgIpc) is 2.91. The zero-order valence-corrected chi connectivity index (χ0v) is 18.9. The number of amides is 5. The second kappa shape index (κ2) is 10.3. The highest BCUT2D eigenvalue weighted by Gasteiger charge is 2.32. The second-order valence-electron chi connectivity index (χ2n) is 8.49. The Balaban J connectivity index is 1.93. The van der Waals surface area contributed by atoms with Crippen LogP contribution in [0.3, 0.4) is 0 Å². The van der Waals surface area contributed by atoms with Gasteiger partial charge in [0.05, 0.1) is 6.54 Å². The van der Waals surface area contributed by atoms with Crippen LogP contribution in [-0.4, -0.2) is 70.9 Å². The van der Waals surface area contributed by atoms with Crippen LogP contribution in [0, 0.1) is 0 Å². The number of carbonyl (C=O) groups excluding carboxylic acids is 4. The fourth-order valence-corrected chi connectivity index (χ4v) is 3.12. The van der Waals surface area contributed by atoms with Gasteiger partial charge in [-0.05, 0) is 45.7 Å². The van der Waals surface area contributed by atoms with Crippen LogP contribution in [0.2, 0.25) is 0 Å². The van der Waals surface area contributed by atoms with Gasteiger partial charge in [-0.2, -0.15) is 0 Å². The van der Waals surface area contributed by atoms with Crippen molar-refractivity contribution in [3.8, 4) is 0 Å². The van der Waals surface area contributed by atoms with E-state index in [0.29, 0.717) is 25.2 Å². The largest absolute Gasteiger partial charge is 0.444 e. The van der Waals surface area contributed by atoms with E-state index in [9.17, 15) is 19.2 Å². The second-order valence-corrected chi connectivity index (χ2v) is 8.49. The summed E-state index contributed by atoms with van der Waals surface area (Å²) in [6, 6.07) is 6.94. The number of likely N-dealkylation sites (N-methyl/N-ethyl adjacent to an activating group) is 1. The molecule has 1 aromatic rings. The van der Waals surface area contributed by atoms with Gasteiger partial charge < -0.3 is 19.9 Å². The lowest BCUT2D eigenvalue weighted by Crippen LogP contribution is -2.36. The highest BCUT2D eigenvalue weighted by molar-refractivity contribution is 6.01. The number of nitrogens with one attached hydrogen (secondary N) is 1. The molecule has 0 unspecified atom stereocenters. The first-order chi connectivity index (χ1) is 14.5. The van der Waals surface area contributed by atoms with Crippen molar-refractivity contribution in [1.82, 2.24) is 14.7 Å². The van der Waals surface area contributed by atoms with E-state index in [1.165, 1.54) is 9.80 Å². The molecule has 1 aliphatic heterocycles. The summed E-state index contributed by atoms with van der Waals surface area (Å²) in [6.45, 7) is 8.35. The minimum atomic E-state index is -0.592. The standard InChI is InChI=1S/C22H32N4O5/c1-6-25(21(30)31-22(2,3)4)14-16-10-7-8-11-17(16)23-18(27)12-9-13-26-19(28)15-24(5)20(26)29/h7-8,10-11H,6,9,12-15H2,1-5H3,(H,23,27). The van der Waals surface area contributed by atoms with Crippen molar-refractivity contribution in [3.05, 3.63) is 29.8 Å². The van der Waals surface area contributed by atoms with Crippen LogP contribution in [0.5, 0.6) is 0 Å². The molecule has 0 aromatic heterocycles. The molecular formula is C22H32N4O5. The molecule has 0 spiro atoms. The van der Waals surface area contributed by atoms with E-state index >= 15 is 0 Å². The molecule has 9 heteroatoms. The van der Waals surface area contributed by atoms with Gasteiger partial charge in [0, 0.05) is 32.2 Å². The highest BCUT2D eigenvalue weighted by atomic mass is 16.6. The summed E-state index contributed by atoms with van der Waals surface area (Å²) in [5.41, 5.74) is 0.808. The number of hydrogen-bond donors (Lipinski definition) is 1. The monoisotopic (exact) mass is 432 g/mol. The van der Waals surface area contributed by atoms with Gasteiger partial charge in [0.1, 0.15) is 12.1 Å². The van der Waals surface area contributed by atoms with Gasteiger partial charge in [0.2, 0.25) is 11.8 Å². The van der Waals surface area contributed by atoms with E-state index < -0.39 is 11.7 Å². The number of anilines is 1. The van der Waals surface area contributed by atoms with Crippen LogP contribution in [0.25, 0.3) is 0 Å². The molecule has 5 amide bonds. The minimum absolute atomic E-state index is 0.0734. The van der Waals surface area contributed by atoms with Gasteiger partial charge in [-0.15, -0.1) is 0 Å². The lowest BCUT2D eigenvalue weighted by atomic mass is 10.1. The molecule has 31 heavy (non-hydrogen) atoms. The van der Waals surface area contributed by atoms with Crippen LogP contribution in [0.4, 0.5) is 15.3 Å². The molecule has 1 heterocycles. The molecule has 0 aliphatic carbocycles. The predicted molar refractivity (Wildman–Crippen MR) is 116 cm³/mol. The van der Waals surface area contributed by atoms with Gasteiger partial charge in [-0.3, -0.25) is 14.5 Å². The third-order valence-electron chi connectivity index (χ3n) is 4.70. The number of imide groups is 1. The normalized spacial score (nSPS) is 14.1. The summed E-state index contributed by atoms with van der Waals surface area (Å²) in [4.78, 5) is 52.6. The van der Waals surface area contributed by atoms with Crippen molar-refractivity contribution >= 4 is 29.6 Å². The average molecular weight is 433 g/mol. The van der Waals surface area contributed by atoms with E-state index in [1.807, 2.05) is 39.8 Å². The molecule has 0 saturated carbocycles. The molecule has 1 saturated heterocycles. The number of carbonyl (C=O) groups is 4. The molecule has 1 N–H and O–H groups in total. The van der Waals surface area contributed by atoms with Gasteiger partial charge in [-0.1, -0.05) is 18.2 Å². The van der Waals surface area contributed by atoms with Gasteiger partial charge in [0.25, 0.3) is 0 Å². The molecule has 170 valence electrons. The molecule has 0 bridgehead atoms. The lowest BCUT2D eigenvalue weighted by molar-refractivity contribution is -0.125. The molecule has 0 atom stereocenters. The number of hydrogen-bond acceptors (Lipinski definition) is 5. The van der Waals surface area contributed by atoms with Crippen LogP contribution >= 0.6 is 0 Å². The van der Waals surface area contributed by atoms with E-state index in [0.717, 1.165) is 5.56 Å². The highest BCUT2D eigenvalue weighted by Crippen LogP contribution is 2.20. The van der Waals surface area contributed by atoms with E-state index in [2.05, 4.69) is 5.32 Å². The molecule has 1 aromatic carbocycles. The Labute approximate surface area is 183 Å². The number of ether oxygens (including phenoxy) is 1. The van der Waals surface area contributed by atoms with Gasteiger partial charge in [-0.25, -0.2) is 9.59 Å². The maximum Gasteiger partial charge on any atom is 0.410 e. The van der Waals surface area contributed by atoms with Crippen molar-refractivity contribution in [3.63, 3.8) is 0 Å². The van der Waals surface area contributed by atoms with E-state index in [-0.39, 0.29) is 37.4 Å². The third kappa shape index (κ3) is 6.97. The van der Waals surface area contributed by atoms with Gasteiger partial charge in [0.15, 0.2) is 0 Å². The quantitative estimate of drug-likeness (QED) is 0.637. The van der Waals surface area contributed by atoms with Crippen molar-refractivity contribution in [1.29, 1.82) is 0 Å². The molecule has 1 aliphatic rings. The number of para-hydroxylation sites is 1. The SMILES string of the molecule is CCN(Cc1ccccc1NC(=O)CCCN1C(=O)CN(C)C1=O)C(=O)OC(C)(C)C. The van der Waals surface area contributed by atoms with Gasteiger partial charge >= 0.3 is 12.1 Å². The summed E-state index contributed by atoms with van der Waals surface area (Å²) in [5.74, 6) is -0.472. The Morgan fingerprint density at radius 2 is 1.87 bits per heavy atom. The first kappa shape index (κ1) is 24.2. The summed E-state index contributed by atoms with van der Waals surface area (Å²) in [6.07, 6.45) is 0.123. The maximum absolute atomic E-state index is 12.4. The number of benzene rings is 1. The molecule has 1 fully saturated rings. The van der Waals surface area contributed by atoms with Crippen LogP contribution in [0.15, 0.2) is 24.3 Å². The van der Waals surface area contributed by atoms with Crippen LogP contribution in [0.1, 0.15) is 46.1 Å². The Kier molecular flexibility index (Phi) is 8.01. The van der Waals surface area contributed by atoms with E-state index in [1.54, 1.807) is 24.1 Å². The molecular weight excluding hydrogens is 400 g/mol. The summed E-state index contributed by atoms with van der Waals surface area (Å²) in [5, 5.41) is 2.87. The summed E-state index contributed by atoms with van der Waals surface area (Å²) >= 11 is 0. The Morgan fingerprint density at radius 1 is 1.19 bits per heavy atom. The van der Waals surface area contributed by atoms with Crippen molar-refractivity contribution < 1.29 is 23.9 Å². The van der Waals surface area contributed by atoms with Crippen LogP contribution < -0.4 is 5.32 Å². The zero-order valence-electron chi connectivity index (χ0n) is 18.9.